The Morgan fingerprint density at radius 2 is 1.91 bits per heavy atom. The summed E-state index contributed by atoms with van der Waals surface area (Å²) in [5, 5.41) is 2.55. The summed E-state index contributed by atoms with van der Waals surface area (Å²) in [5.74, 6) is -0.155. The Kier molecular flexibility index (Phi) is 5.79. The summed E-state index contributed by atoms with van der Waals surface area (Å²) in [6.07, 6.45) is 1.12. The number of carbonyl (C=O) groups excluding carboxylic acids is 3. The van der Waals surface area contributed by atoms with Gasteiger partial charge in [-0.2, -0.15) is 0 Å². The van der Waals surface area contributed by atoms with Crippen LogP contribution < -0.4 is 11.1 Å². The third-order valence-electron chi connectivity index (χ3n) is 3.73. The predicted molar refractivity (Wildman–Crippen MR) is 87.8 cm³/mol. The van der Waals surface area contributed by atoms with Gasteiger partial charge in [0, 0.05) is 24.4 Å². The van der Waals surface area contributed by atoms with E-state index in [1.165, 1.54) is 7.11 Å². The van der Waals surface area contributed by atoms with Crippen molar-refractivity contribution in [2.45, 2.75) is 18.6 Å². The summed E-state index contributed by atoms with van der Waals surface area (Å²) in [5.41, 5.74) is 5.87. The van der Waals surface area contributed by atoms with Crippen LogP contribution in [-0.4, -0.2) is 37.2 Å². The highest BCUT2D eigenvalue weighted by Crippen LogP contribution is 2.50. The Labute approximate surface area is 139 Å². The molecule has 23 heavy (non-hydrogen) atoms. The zero-order valence-electron chi connectivity index (χ0n) is 13.0. The molecule has 7 heteroatoms. The quantitative estimate of drug-likeness (QED) is 0.571. The molecule has 0 aromatic heterocycles. The molecule has 1 aliphatic carbocycles. The molecular weight excluding hydrogens is 316 g/mol. The van der Waals surface area contributed by atoms with Gasteiger partial charge < -0.3 is 15.8 Å². The largest absolute Gasteiger partial charge is 0.468 e. The molecule has 1 fully saturated rings. The van der Waals surface area contributed by atoms with Crippen LogP contribution in [-0.2, 0) is 20.1 Å². The van der Waals surface area contributed by atoms with Crippen molar-refractivity contribution in [3.63, 3.8) is 0 Å². The fraction of sp³-hybridized carbons (Fsp3) is 0.438. The number of hydrogen-bond donors (Lipinski definition) is 2. The van der Waals surface area contributed by atoms with E-state index < -0.39 is 11.4 Å². The van der Waals surface area contributed by atoms with Gasteiger partial charge in [-0.05, 0) is 30.5 Å². The second kappa shape index (κ2) is 7.61. The lowest BCUT2D eigenvalue weighted by molar-refractivity contribution is -0.149. The van der Waals surface area contributed by atoms with E-state index in [-0.39, 0.29) is 11.0 Å². The molecule has 1 amide bonds. The van der Waals surface area contributed by atoms with Crippen molar-refractivity contribution < 1.29 is 19.1 Å². The molecule has 1 aromatic carbocycles. The van der Waals surface area contributed by atoms with E-state index in [9.17, 15) is 14.4 Å². The number of amides is 1. The lowest BCUT2D eigenvalue weighted by Gasteiger charge is -2.10. The highest BCUT2D eigenvalue weighted by atomic mass is 32.2. The maximum absolute atomic E-state index is 12.2. The Bertz CT molecular complexity index is 597. The molecule has 1 aliphatic rings. The fourth-order valence-electron chi connectivity index (χ4n) is 2.14. The van der Waals surface area contributed by atoms with E-state index in [1.807, 2.05) is 0 Å². The maximum Gasteiger partial charge on any atom is 0.320 e. The van der Waals surface area contributed by atoms with Crippen LogP contribution in [0.4, 0.5) is 0 Å². The first-order valence-electron chi connectivity index (χ1n) is 7.36. The van der Waals surface area contributed by atoms with Gasteiger partial charge in [-0.3, -0.25) is 14.4 Å². The van der Waals surface area contributed by atoms with Gasteiger partial charge >= 0.3 is 5.97 Å². The summed E-state index contributed by atoms with van der Waals surface area (Å²) in [7, 11) is 1.30. The number of nitrogens with two attached hydrogens (primary N) is 1. The first kappa shape index (κ1) is 17.5. The van der Waals surface area contributed by atoms with E-state index in [2.05, 4.69) is 5.32 Å². The van der Waals surface area contributed by atoms with Gasteiger partial charge in [0.15, 0.2) is 0 Å². The molecule has 1 saturated carbocycles. The molecule has 124 valence electrons. The van der Waals surface area contributed by atoms with Crippen LogP contribution in [0, 0.1) is 5.41 Å². The molecule has 0 aliphatic heterocycles. The first-order valence-corrected chi connectivity index (χ1v) is 8.35. The molecule has 3 N–H and O–H groups in total. The van der Waals surface area contributed by atoms with E-state index in [4.69, 9.17) is 10.5 Å². The number of hydrogen-bond acceptors (Lipinski definition) is 6. The lowest BCUT2D eigenvalue weighted by atomic mass is 10.1. The third kappa shape index (κ3) is 4.11. The summed E-state index contributed by atoms with van der Waals surface area (Å²) >= 11 is 1.11. The van der Waals surface area contributed by atoms with Crippen LogP contribution in [0.2, 0.25) is 0 Å². The minimum atomic E-state index is -0.929. The minimum Gasteiger partial charge on any atom is -0.468 e. The van der Waals surface area contributed by atoms with E-state index in [0.717, 1.165) is 17.3 Å². The zero-order valence-corrected chi connectivity index (χ0v) is 13.8. The molecular formula is C16H20N2O4S. The molecule has 0 atom stereocenters. The summed E-state index contributed by atoms with van der Waals surface area (Å²) in [4.78, 5) is 35.6. The minimum absolute atomic E-state index is 0.144. The molecule has 0 radical (unpaired) electrons. The number of nitrogens with one attached hydrogen (secondary N) is 1. The van der Waals surface area contributed by atoms with Crippen LogP contribution in [0.15, 0.2) is 24.3 Å². The van der Waals surface area contributed by atoms with Crippen molar-refractivity contribution >= 4 is 28.8 Å². The predicted octanol–water partition coefficient (Wildman–Crippen LogP) is 1.09. The standard InChI is InChI=1S/C16H20N2O4S/c1-22-14(20)16(6-7-16)15(21)23-10-11-2-4-12(5-3-11)13(19)18-9-8-17/h2-5H,6-10,17H2,1H3,(H,18,19). The number of rotatable bonds is 7. The van der Waals surface area contributed by atoms with Crippen LogP contribution in [0.5, 0.6) is 0 Å². The molecule has 0 spiro atoms. The number of thioether (sulfide) groups is 1. The SMILES string of the molecule is COC(=O)C1(C(=O)SCc2ccc(C(=O)NCCN)cc2)CC1. The van der Waals surface area contributed by atoms with Gasteiger partial charge in [-0.1, -0.05) is 23.9 Å². The zero-order chi connectivity index (χ0) is 16.9. The number of esters is 1. The molecule has 1 aromatic rings. The van der Waals surface area contributed by atoms with Gasteiger partial charge in [0.1, 0.15) is 5.41 Å². The topological polar surface area (TPSA) is 98.5 Å². The smallest absolute Gasteiger partial charge is 0.320 e. The van der Waals surface area contributed by atoms with Crippen molar-refractivity contribution in [2.75, 3.05) is 20.2 Å². The Morgan fingerprint density at radius 1 is 1.26 bits per heavy atom. The number of ether oxygens (including phenoxy) is 1. The summed E-state index contributed by atoms with van der Waals surface area (Å²) in [6, 6.07) is 7.02. The second-order valence-corrected chi connectivity index (χ2v) is 6.34. The fourth-order valence-corrected chi connectivity index (χ4v) is 3.19. The number of carbonyl (C=O) groups is 3. The maximum atomic E-state index is 12.2. The normalized spacial score (nSPS) is 14.9. The molecule has 2 rings (SSSR count). The van der Waals surface area contributed by atoms with Crippen molar-refractivity contribution in [3.8, 4) is 0 Å². The van der Waals surface area contributed by atoms with Crippen molar-refractivity contribution in [1.82, 2.24) is 5.32 Å². The highest BCUT2D eigenvalue weighted by Gasteiger charge is 2.57. The van der Waals surface area contributed by atoms with E-state index in [0.29, 0.717) is 37.2 Å². The van der Waals surface area contributed by atoms with Crippen LogP contribution in [0.25, 0.3) is 0 Å². The number of methoxy groups -OCH3 is 1. The number of benzene rings is 1. The van der Waals surface area contributed by atoms with Crippen molar-refractivity contribution in [3.05, 3.63) is 35.4 Å². The van der Waals surface area contributed by atoms with Crippen LogP contribution in [0.1, 0.15) is 28.8 Å². The van der Waals surface area contributed by atoms with Gasteiger partial charge in [-0.15, -0.1) is 0 Å². The van der Waals surface area contributed by atoms with Gasteiger partial charge in [0.2, 0.25) is 5.12 Å². The van der Waals surface area contributed by atoms with Crippen LogP contribution >= 0.6 is 11.8 Å². The highest BCUT2D eigenvalue weighted by molar-refractivity contribution is 8.13. The Hall–Kier alpha value is -1.86. The first-order chi connectivity index (χ1) is 11.0. The molecule has 0 heterocycles. The molecule has 0 unspecified atom stereocenters. The monoisotopic (exact) mass is 336 g/mol. The van der Waals surface area contributed by atoms with Gasteiger partial charge in [0.05, 0.1) is 7.11 Å². The molecule has 0 saturated heterocycles. The van der Waals surface area contributed by atoms with Gasteiger partial charge in [0.25, 0.3) is 5.91 Å². The van der Waals surface area contributed by atoms with Crippen molar-refractivity contribution in [1.29, 1.82) is 0 Å². The third-order valence-corrected chi connectivity index (χ3v) is 4.86. The Balaban J connectivity index is 1.88. The summed E-state index contributed by atoms with van der Waals surface area (Å²) in [6.45, 7) is 0.824. The molecule has 6 nitrogen and oxygen atoms in total. The summed E-state index contributed by atoms with van der Waals surface area (Å²) < 4.78 is 4.70. The molecule has 0 bridgehead atoms. The second-order valence-electron chi connectivity index (χ2n) is 5.39. The van der Waals surface area contributed by atoms with Gasteiger partial charge in [-0.25, -0.2) is 0 Å². The van der Waals surface area contributed by atoms with Crippen molar-refractivity contribution in [2.24, 2.45) is 11.1 Å². The lowest BCUT2D eigenvalue weighted by Crippen LogP contribution is -2.28. The van der Waals surface area contributed by atoms with E-state index >= 15 is 0 Å². The average Bonchev–Trinajstić information content (AvgIpc) is 3.39. The van der Waals surface area contributed by atoms with Crippen LogP contribution in [0.3, 0.4) is 0 Å². The van der Waals surface area contributed by atoms with E-state index in [1.54, 1.807) is 24.3 Å². The Morgan fingerprint density at radius 3 is 2.43 bits per heavy atom. The average molecular weight is 336 g/mol.